The average molecular weight is 377 g/mol. The molecule has 7 heteroatoms. The summed E-state index contributed by atoms with van der Waals surface area (Å²) in [6.07, 6.45) is 2.72. The van der Waals surface area contributed by atoms with Crippen molar-refractivity contribution in [2.75, 3.05) is 0 Å². The molecule has 0 aliphatic heterocycles. The lowest BCUT2D eigenvalue weighted by atomic mass is 10.2. The molecular weight excluding hydrogens is 360 g/mol. The lowest BCUT2D eigenvalue weighted by Gasteiger charge is -2.05. The minimum atomic E-state index is 0.723. The number of allylic oxidation sites excluding steroid dienone is 1. The Hall–Kier alpha value is -1.63. The van der Waals surface area contributed by atoms with Crippen LogP contribution in [0.15, 0.2) is 47.5 Å². The molecule has 2 heterocycles. The molecule has 0 spiro atoms. The van der Waals surface area contributed by atoms with Crippen LogP contribution < -0.4 is 0 Å². The summed E-state index contributed by atoms with van der Waals surface area (Å²) < 4.78 is 2.10. The molecule has 0 saturated carbocycles. The van der Waals surface area contributed by atoms with Gasteiger partial charge in [-0.2, -0.15) is 0 Å². The molecule has 3 rings (SSSR count). The number of aryl methyl sites for hydroxylation is 1. The van der Waals surface area contributed by atoms with Gasteiger partial charge < -0.3 is 4.57 Å². The van der Waals surface area contributed by atoms with Gasteiger partial charge in [0.15, 0.2) is 5.16 Å². The maximum Gasteiger partial charge on any atom is 0.191 e. The van der Waals surface area contributed by atoms with Crippen molar-refractivity contribution in [3.8, 4) is 10.6 Å². The van der Waals surface area contributed by atoms with Gasteiger partial charge in [-0.15, -0.1) is 28.1 Å². The van der Waals surface area contributed by atoms with E-state index in [2.05, 4.69) is 33.6 Å². The third kappa shape index (κ3) is 3.71. The summed E-state index contributed by atoms with van der Waals surface area (Å²) in [5.74, 6) is 1.73. The van der Waals surface area contributed by atoms with Crippen molar-refractivity contribution in [3.05, 3.63) is 58.8 Å². The predicted molar refractivity (Wildman–Crippen MR) is 102 cm³/mol. The summed E-state index contributed by atoms with van der Waals surface area (Å²) in [6.45, 7) is 6.61. The fourth-order valence-corrected chi connectivity index (χ4v) is 4.37. The van der Waals surface area contributed by atoms with Crippen LogP contribution in [0, 0.1) is 0 Å². The Labute approximate surface area is 154 Å². The van der Waals surface area contributed by atoms with Crippen LogP contribution >= 0.6 is 34.7 Å². The Kier molecular flexibility index (Phi) is 5.71. The second-order valence-corrected chi connectivity index (χ2v) is 7.27. The number of rotatable bonds is 7. The first-order valence-corrected chi connectivity index (χ1v) is 9.82. The lowest BCUT2D eigenvalue weighted by molar-refractivity contribution is 0.685. The largest absolute Gasteiger partial charge is 0.302 e. The molecule has 3 aromatic rings. The van der Waals surface area contributed by atoms with Crippen molar-refractivity contribution < 1.29 is 0 Å². The maximum atomic E-state index is 6.25. The molecule has 0 radical (unpaired) electrons. The highest BCUT2D eigenvalue weighted by atomic mass is 35.5. The highest BCUT2D eigenvalue weighted by Crippen LogP contribution is 2.31. The number of hydrogen-bond donors (Lipinski definition) is 0. The fraction of sp³-hybridized carbons (Fsp3) is 0.235. The molecule has 124 valence electrons. The molecule has 0 aliphatic carbocycles. The lowest BCUT2D eigenvalue weighted by Crippen LogP contribution is -2.02. The molecule has 0 N–H and O–H groups in total. The molecule has 4 nitrogen and oxygen atoms in total. The van der Waals surface area contributed by atoms with Crippen molar-refractivity contribution in [2.24, 2.45) is 0 Å². The maximum absolute atomic E-state index is 6.25. The Morgan fingerprint density at radius 1 is 1.33 bits per heavy atom. The molecule has 24 heavy (non-hydrogen) atoms. The van der Waals surface area contributed by atoms with Crippen LogP contribution in [0.5, 0.6) is 0 Å². The average Bonchev–Trinajstić information content (AvgIpc) is 3.21. The highest BCUT2D eigenvalue weighted by molar-refractivity contribution is 7.98. The first kappa shape index (κ1) is 17.2. The molecule has 0 amide bonds. The second-order valence-electron chi connectivity index (χ2n) is 5.06. The zero-order valence-electron chi connectivity index (χ0n) is 13.3. The van der Waals surface area contributed by atoms with Gasteiger partial charge in [0.1, 0.15) is 10.8 Å². The van der Waals surface area contributed by atoms with E-state index in [4.69, 9.17) is 16.6 Å². The Morgan fingerprint density at radius 2 is 2.17 bits per heavy atom. The van der Waals surface area contributed by atoms with E-state index in [1.54, 1.807) is 23.1 Å². The number of nitrogens with zero attached hydrogens (tertiary/aromatic N) is 4. The summed E-state index contributed by atoms with van der Waals surface area (Å²) >= 11 is 9.50. The van der Waals surface area contributed by atoms with Crippen LogP contribution in [0.1, 0.15) is 18.4 Å². The summed E-state index contributed by atoms with van der Waals surface area (Å²) in [7, 11) is 0. The van der Waals surface area contributed by atoms with Crippen molar-refractivity contribution in [3.63, 3.8) is 0 Å². The van der Waals surface area contributed by atoms with Gasteiger partial charge in [0.05, 0.1) is 10.7 Å². The number of aromatic nitrogens is 4. The molecule has 0 atom stereocenters. The van der Waals surface area contributed by atoms with E-state index in [9.17, 15) is 0 Å². The first-order chi connectivity index (χ1) is 11.7. The molecule has 0 unspecified atom stereocenters. The van der Waals surface area contributed by atoms with Crippen LogP contribution in [0.3, 0.4) is 0 Å². The summed E-state index contributed by atoms with van der Waals surface area (Å²) in [5, 5.41) is 13.2. The topological polar surface area (TPSA) is 43.6 Å². The molecule has 1 aromatic carbocycles. The summed E-state index contributed by atoms with van der Waals surface area (Å²) in [6, 6.07) is 7.78. The number of thioether (sulfide) groups is 1. The monoisotopic (exact) mass is 376 g/mol. The number of thiazole rings is 1. The smallest absolute Gasteiger partial charge is 0.191 e. The van der Waals surface area contributed by atoms with Crippen molar-refractivity contribution >= 4 is 34.7 Å². The van der Waals surface area contributed by atoms with E-state index in [-0.39, 0.29) is 0 Å². The summed E-state index contributed by atoms with van der Waals surface area (Å²) in [5.41, 5.74) is 2.00. The van der Waals surface area contributed by atoms with E-state index in [0.29, 0.717) is 0 Å². The Morgan fingerprint density at radius 3 is 2.92 bits per heavy atom. The standard InChI is InChI=1S/C17H17ClN4S2/c1-3-9-22-15(4-2)20-21-17(22)24-11-12-10-23-16(19-12)13-7-5-6-8-14(13)18/h3,5-8,10H,1,4,9,11H2,2H3. The first-order valence-electron chi connectivity index (χ1n) is 7.58. The van der Waals surface area contributed by atoms with Crippen LogP contribution in [-0.4, -0.2) is 19.7 Å². The molecule has 2 aromatic heterocycles. The zero-order chi connectivity index (χ0) is 16.9. The minimum absolute atomic E-state index is 0.723. The molecule has 0 aliphatic rings. The van der Waals surface area contributed by atoms with Crippen LogP contribution in [0.2, 0.25) is 5.02 Å². The minimum Gasteiger partial charge on any atom is -0.302 e. The number of benzene rings is 1. The van der Waals surface area contributed by atoms with E-state index in [0.717, 1.165) is 51.0 Å². The van der Waals surface area contributed by atoms with Crippen LogP contribution in [-0.2, 0) is 18.7 Å². The number of hydrogen-bond acceptors (Lipinski definition) is 5. The highest BCUT2D eigenvalue weighted by Gasteiger charge is 2.12. The van der Waals surface area contributed by atoms with E-state index >= 15 is 0 Å². The van der Waals surface area contributed by atoms with Gasteiger partial charge in [0.2, 0.25) is 0 Å². The molecule has 0 fully saturated rings. The SMILES string of the molecule is C=CCn1c(CC)nnc1SCc1csc(-c2ccccc2Cl)n1. The molecule has 0 bridgehead atoms. The van der Waals surface area contributed by atoms with Crippen LogP contribution in [0.25, 0.3) is 10.6 Å². The Bertz CT molecular complexity index is 841. The van der Waals surface area contributed by atoms with Crippen LogP contribution in [0.4, 0.5) is 0 Å². The van der Waals surface area contributed by atoms with E-state index < -0.39 is 0 Å². The zero-order valence-corrected chi connectivity index (χ0v) is 15.7. The molecular formula is C17H17ClN4S2. The van der Waals surface area contributed by atoms with E-state index in [1.165, 1.54) is 0 Å². The van der Waals surface area contributed by atoms with Crippen molar-refractivity contribution in [1.82, 2.24) is 19.7 Å². The van der Waals surface area contributed by atoms with Crippen molar-refractivity contribution in [2.45, 2.75) is 30.8 Å². The Balaban J connectivity index is 1.73. The van der Waals surface area contributed by atoms with Gasteiger partial charge in [-0.3, -0.25) is 0 Å². The fourth-order valence-electron chi connectivity index (χ4n) is 2.27. The summed E-state index contributed by atoms with van der Waals surface area (Å²) in [4.78, 5) is 4.69. The normalized spacial score (nSPS) is 10.9. The van der Waals surface area contributed by atoms with Gasteiger partial charge >= 0.3 is 0 Å². The van der Waals surface area contributed by atoms with Crippen molar-refractivity contribution in [1.29, 1.82) is 0 Å². The number of halogens is 1. The predicted octanol–water partition coefficient (Wildman–Crippen LogP) is 5.10. The van der Waals surface area contributed by atoms with Gasteiger partial charge in [0, 0.05) is 29.7 Å². The molecule has 0 saturated heterocycles. The quantitative estimate of drug-likeness (QED) is 0.425. The van der Waals surface area contributed by atoms with E-state index in [1.807, 2.05) is 30.3 Å². The third-order valence-electron chi connectivity index (χ3n) is 3.43. The van der Waals surface area contributed by atoms with Gasteiger partial charge in [-0.05, 0) is 6.07 Å². The van der Waals surface area contributed by atoms with Gasteiger partial charge in [-0.1, -0.05) is 54.6 Å². The second kappa shape index (κ2) is 7.96. The third-order valence-corrected chi connectivity index (χ3v) is 5.68. The van der Waals surface area contributed by atoms with Gasteiger partial charge in [-0.25, -0.2) is 4.98 Å². The van der Waals surface area contributed by atoms with Gasteiger partial charge in [0.25, 0.3) is 0 Å².